The first-order valence-electron chi connectivity index (χ1n) is 8.44. The first-order chi connectivity index (χ1) is 11.9. The van der Waals surface area contributed by atoms with Gasteiger partial charge in [0.25, 0.3) is 0 Å². The van der Waals surface area contributed by atoms with Crippen LogP contribution >= 0.6 is 0 Å². The Morgan fingerprint density at radius 3 is 1.73 bits per heavy atom. The molecule has 0 amide bonds. The van der Waals surface area contributed by atoms with E-state index in [1.165, 1.54) is 6.20 Å². The van der Waals surface area contributed by atoms with E-state index in [9.17, 15) is 13.6 Å². The normalized spacial score (nSPS) is 16.0. The van der Waals surface area contributed by atoms with Gasteiger partial charge in [-0.15, -0.1) is 0 Å². The maximum atomic E-state index is 13.2. The Morgan fingerprint density at radius 2 is 1.31 bits per heavy atom. The molecule has 0 aliphatic heterocycles. The molecular formula is C21H24F2N2O. The molecule has 0 heterocycles. The van der Waals surface area contributed by atoms with Gasteiger partial charge in [0.1, 0.15) is 11.6 Å². The molecule has 1 aromatic carbocycles. The highest BCUT2D eigenvalue weighted by molar-refractivity contribution is 6.11. The Bertz CT molecular complexity index is 791. The zero-order valence-corrected chi connectivity index (χ0v) is 16.0. The number of azo groups is 1. The highest BCUT2D eigenvalue weighted by Gasteiger charge is 2.33. The van der Waals surface area contributed by atoms with Crippen LogP contribution in [0.3, 0.4) is 0 Å². The van der Waals surface area contributed by atoms with Crippen molar-refractivity contribution in [2.24, 2.45) is 21.1 Å². The smallest absolute Gasteiger partial charge is 0.186 e. The van der Waals surface area contributed by atoms with Gasteiger partial charge in [0.05, 0.1) is 11.9 Å². The van der Waals surface area contributed by atoms with E-state index in [-0.39, 0.29) is 22.3 Å². The molecule has 3 nitrogen and oxygen atoms in total. The van der Waals surface area contributed by atoms with Gasteiger partial charge in [0.15, 0.2) is 5.78 Å². The van der Waals surface area contributed by atoms with Crippen LogP contribution in [0.4, 0.5) is 14.5 Å². The van der Waals surface area contributed by atoms with Gasteiger partial charge in [-0.1, -0.05) is 41.5 Å². The molecule has 2 rings (SSSR count). The van der Waals surface area contributed by atoms with Crippen molar-refractivity contribution in [2.45, 2.75) is 41.5 Å². The molecule has 0 saturated carbocycles. The van der Waals surface area contributed by atoms with Gasteiger partial charge in [-0.3, -0.25) is 4.79 Å². The Balaban J connectivity index is 2.42. The van der Waals surface area contributed by atoms with Crippen LogP contribution in [0.15, 0.2) is 63.5 Å². The van der Waals surface area contributed by atoms with Crippen LogP contribution in [-0.2, 0) is 4.79 Å². The Hall–Kier alpha value is -2.43. The zero-order valence-electron chi connectivity index (χ0n) is 16.0. The van der Waals surface area contributed by atoms with Crippen molar-refractivity contribution >= 4 is 11.5 Å². The number of carbonyl (C=O) groups excluding carboxylic acids is 1. The molecule has 1 aromatic rings. The molecule has 1 aliphatic carbocycles. The average Bonchev–Trinajstić information content (AvgIpc) is 2.45. The van der Waals surface area contributed by atoms with Crippen molar-refractivity contribution in [3.8, 4) is 0 Å². The lowest BCUT2D eigenvalue weighted by molar-refractivity contribution is -0.114. The van der Waals surface area contributed by atoms with E-state index >= 15 is 0 Å². The number of allylic oxidation sites excluding steroid dienone is 5. The van der Waals surface area contributed by atoms with Crippen LogP contribution < -0.4 is 0 Å². The van der Waals surface area contributed by atoms with E-state index in [4.69, 9.17) is 0 Å². The number of ketones is 1. The van der Waals surface area contributed by atoms with Gasteiger partial charge in [0, 0.05) is 29.3 Å². The van der Waals surface area contributed by atoms with Gasteiger partial charge in [0.2, 0.25) is 0 Å². The van der Waals surface area contributed by atoms with E-state index in [0.29, 0.717) is 11.1 Å². The number of carbonyl (C=O) groups is 1. The molecule has 0 spiro atoms. The second kappa shape index (κ2) is 7.06. The SMILES string of the molecule is CC(C)(C)C1=CC(=CN=Nc2cc(F)cc(F)c2)C=C(C(C)(C)C)C1=O. The zero-order chi connectivity index (χ0) is 19.7. The Labute approximate surface area is 153 Å². The number of hydrogen-bond acceptors (Lipinski definition) is 3. The summed E-state index contributed by atoms with van der Waals surface area (Å²) in [6.45, 7) is 11.9. The quantitative estimate of drug-likeness (QED) is 0.559. The number of Topliss-reactive ketones (excluding diaryl/α,β-unsaturated/α-hetero) is 1. The summed E-state index contributed by atoms with van der Waals surface area (Å²) >= 11 is 0. The van der Waals surface area contributed by atoms with Gasteiger partial charge < -0.3 is 0 Å². The number of benzene rings is 1. The fourth-order valence-corrected chi connectivity index (χ4v) is 2.60. The maximum absolute atomic E-state index is 13.2. The first-order valence-corrected chi connectivity index (χ1v) is 8.44. The summed E-state index contributed by atoms with van der Waals surface area (Å²) < 4.78 is 26.4. The summed E-state index contributed by atoms with van der Waals surface area (Å²) in [6.07, 6.45) is 5.08. The number of halogens is 2. The number of rotatable bonds is 2. The minimum Gasteiger partial charge on any atom is -0.289 e. The van der Waals surface area contributed by atoms with Crippen LogP contribution in [0.2, 0.25) is 0 Å². The largest absolute Gasteiger partial charge is 0.289 e. The Morgan fingerprint density at radius 1 is 0.846 bits per heavy atom. The van der Waals surface area contributed by atoms with Crippen molar-refractivity contribution in [3.63, 3.8) is 0 Å². The lowest BCUT2D eigenvalue weighted by Gasteiger charge is -2.31. The van der Waals surface area contributed by atoms with Crippen molar-refractivity contribution < 1.29 is 13.6 Å². The van der Waals surface area contributed by atoms with Gasteiger partial charge in [-0.25, -0.2) is 8.78 Å². The minimum atomic E-state index is -0.709. The van der Waals surface area contributed by atoms with Crippen LogP contribution in [0.25, 0.3) is 0 Å². The lowest BCUT2D eigenvalue weighted by Crippen LogP contribution is -2.27. The maximum Gasteiger partial charge on any atom is 0.186 e. The van der Waals surface area contributed by atoms with Crippen molar-refractivity contribution in [3.05, 3.63) is 64.9 Å². The molecule has 26 heavy (non-hydrogen) atoms. The minimum absolute atomic E-state index is 0.0336. The summed E-state index contributed by atoms with van der Waals surface area (Å²) in [5, 5.41) is 7.78. The molecule has 0 unspecified atom stereocenters. The van der Waals surface area contributed by atoms with Crippen molar-refractivity contribution in [1.29, 1.82) is 0 Å². The molecular weight excluding hydrogens is 334 g/mol. The van der Waals surface area contributed by atoms with Crippen molar-refractivity contribution in [2.75, 3.05) is 0 Å². The van der Waals surface area contributed by atoms with Crippen LogP contribution in [0.1, 0.15) is 41.5 Å². The molecule has 138 valence electrons. The predicted octanol–water partition coefficient (Wildman–Crippen LogP) is 6.46. The molecule has 0 saturated heterocycles. The predicted molar refractivity (Wildman–Crippen MR) is 99.0 cm³/mol. The van der Waals surface area contributed by atoms with Gasteiger partial charge in [-0.2, -0.15) is 10.2 Å². The summed E-state index contributed by atoms with van der Waals surface area (Å²) in [4.78, 5) is 12.8. The van der Waals surface area contributed by atoms with E-state index < -0.39 is 11.6 Å². The van der Waals surface area contributed by atoms with E-state index in [2.05, 4.69) is 10.2 Å². The van der Waals surface area contributed by atoms with Gasteiger partial charge >= 0.3 is 0 Å². The molecule has 1 aliphatic rings. The third-order valence-corrected chi connectivity index (χ3v) is 3.95. The highest BCUT2D eigenvalue weighted by atomic mass is 19.1. The monoisotopic (exact) mass is 358 g/mol. The Kier molecular flexibility index (Phi) is 5.40. The first kappa shape index (κ1) is 19.9. The standard InChI is InChI=1S/C21H24F2N2O/c1-20(2,3)17-7-13(8-18(19(17)26)21(4,5)6)12-24-25-16-10-14(22)9-15(23)11-16/h7-12H,1-6H3. The third kappa shape index (κ3) is 4.81. The van der Waals surface area contributed by atoms with E-state index in [0.717, 1.165) is 23.8 Å². The van der Waals surface area contributed by atoms with Crippen molar-refractivity contribution in [1.82, 2.24) is 0 Å². The third-order valence-electron chi connectivity index (χ3n) is 3.95. The molecule has 0 N–H and O–H groups in total. The lowest BCUT2D eigenvalue weighted by atomic mass is 9.72. The summed E-state index contributed by atoms with van der Waals surface area (Å²) in [7, 11) is 0. The molecule has 0 fully saturated rings. The molecule has 0 aromatic heterocycles. The molecule has 5 heteroatoms. The topological polar surface area (TPSA) is 41.8 Å². The highest BCUT2D eigenvalue weighted by Crippen LogP contribution is 2.38. The second-order valence-electron chi connectivity index (χ2n) is 8.42. The fraction of sp³-hybridized carbons (Fsp3) is 0.381. The van der Waals surface area contributed by atoms with E-state index in [1.807, 2.05) is 41.5 Å². The number of nitrogens with zero attached hydrogens (tertiary/aromatic N) is 2. The average molecular weight is 358 g/mol. The molecule has 0 bridgehead atoms. The molecule has 0 atom stereocenters. The fourth-order valence-electron chi connectivity index (χ4n) is 2.60. The summed E-state index contributed by atoms with van der Waals surface area (Å²) in [6, 6.07) is 2.98. The van der Waals surface area contributed by atoms with Crippen LogP contribution in [0.5, 0.6) is 0 Å². The van der Waals surface area contributed by atoms with E-state index in [1.54, 1.807) is 12.2 Å². The van der Waals surface area contributed by atoms with Crippen LogP contribution in [-0.4, -0.2) is 5.78 Å². The van der Waals surface area contributed by atoms with Crippen LogP contribution in [0, 0.1) is 22.5 Å². The van der Waals surface area contributed by atoms with Gasteiger partial charge in [-0.05, 0) is 28.6 Å². The second-order valence-corrected chi connectivity index (χ2v) is 8.42. The summed E-state index contributed by atoms with van der Waals surface area (Å²) in [5.74, 6) is -1.38. The molecule has 0 radical (unpaired) electrons. The summed E-state index contributed by atoms with van der Waals surface area (Å²) in [5.41, 5.74) is 1.57. The number of hydrogen-bond donors (Lipinski definition) is 0.